The predicted octanol–water partition coefficient (Wildman–Crippen LogP) is 4.17. The van der Waals surface area contributed by atoms with E-state index in [4.69, 9.17) is 9.47 Å². The lowest BCUT2D eigenvalue weighted by atomic mass is 9.78. The fourth-order valence-corrected chi connectivity index (χ4v) is 5.04. The fraction of sp³-hybridized carbons (Fsp3) is 0.500. The van der Waals surface area contributed by atoms with Crippen LogP contribution in [0.4, 0.5) is 9.18 Å². The molecule has 0 radical (unpaired) electrons. The van der Waals surface area contributed by atoms with Gasteiger partial charge in [0.05, 0.1) is 12.6 Å². The molecule has 2 aromatic rings. The Kier molecular flexibility index (Phi) is 5.08. The first-order valence-corrected chi connectivity index (χ1v) is 11.0. The van der Waals surface area contributed by atoms with Crippen LogP contribution in [0.5, 0.6) is 5.75 Å². The highest BCUT2D eigenvalue weighted by molar-refractivity contribution is 5.70. The fourth-order valence-electron chi connectivity index (χ4n) is 5.04. The number of hydrogen-bond donors (Lipinski definition) is 1. The van der Waals surface area contributed by atoms with Gasteiger partial charge in [0.15, 0.2) is 0 Å². The molecular weight excluding hydrogens is 397 g/mol. The highest BCUT2D eigenvalue weighted by Gasteiger charge is 2.41. The number of pyridine rings is 1. The molecule has 0 spiro atoms. The van der Waals surface area contributed by atoms with Crippen molar-refractivity contribution < 1.29 is 18.7 Å². The lowest BCUT2D eigenvalue weighted by Crippen LogP contribution is -2.53. The van der Waals surface area contributed by atoms with E-state index in [1.807, 2.05) is 18.2 Å². The van der Waals surface area contributed by atoms with Gasteiger partial charge < -0.3 is 14.8 Å². The quantitative estimate of drug-likeness (QED) is 0.748. The van der Waals surface area contributed by atoms with Gasteiger partial charge in [-0.2, -0.15) is 4.39 Å². The molecule has 6 rings (SSSR count). The number of alkyl carbamates (subject to hydrolysis) is 1. The zero-order valence-corrected chi connectivity index (χ0v) is 17.9. The zero-order chi connectivity index (χ0) is 21.6. The number of piperidine rings is 3. The van der Waals surface area contributed by atoms with E-state index in [1.54, 1.807) is 12.1 Å². The summed E-state index contributed by atoms with van der Waals surface area (Å²) in [5.74, 6) is 0.588. The van der Waals surface area contributed by atoms with Crippen LogP contribution in [0, 0.1) is 17.3 Å². The van der Waals surface area contributed by atoms with Crippen molar-refractivity contribution in [2.24, 2.45) is 11.3 Å². The zero-order valence-electron chi connectivity index (χ0n) is 17.9. The molecule has 1 amide bonds. The number of fused-ring (bicyclic) bond motifs is 4. The average molecular weight is 426 g/mol. The largest absolute Gasteiger partial charge is 0.493 e. The maximum atomic E-state index is 14.1. The maximum Gasteiger partial charge on any atom is 0.407 e. The van der Waals surface area contributed by atoms with Crippen molar-refractivity contribution in [1.82, 2.24) is 15.2 Å². The van der Waals surface area contributed by atoms with Gasteiger partial charge in [-0.25, -0.2) is 9.78 Å². The third-order valence-corrected chi connectivity index (χ3v) is 6.89. The molecule has 6 nitrogen and oxygen atoms in total. The summed E-state index contributed by atoms with van der Waals surface area (Å²) in [6.45, 7) is 7.59. The Balaban J connectivity index is 1.36. The summed E-state index contributed by atoms with van der Waals surface area (Å²) in [7, 11) is 0. The molecule has 164 valence electrons. The minimum atomic E-state index is -0.519. The Morgan fingerprint density at radius 1 is 1.29 bits per heavy atom. The molecule has 4 aliphatic rings. The van der Waals surface area contributed by atoms with Crippen LogP contribution < -0.4 is 10.1 Å². The predicted molar refractivity (Wildman–Crippen MR) is 114 cm³/mol. The monoisotopic (exact) mass is 425 g/mol. The molecular formula is C24H28FN3O3. The van der Waals surface area contributed by atoms with Crippen LogP contribution in [0.25, 0.3) is 11.1 Å². The molecule has 2 atom stereocenters. The van der Waals surface area contributed by atoms with E-state index in [0.717, 1.165) is 38.0 Å². The number of hydrogen-bond acceptors (Lipinski definition) is 5. The molecule has 1 aromatic heterocycles. The van der Waals surface area contributed by atoms with Crippen LogP contribution in [-0.4, -0.2) is 48.3 Å². The number of carbonyl (C=O) groups is 1. The number of rotatable bonds is 3. The highest BCUT2D eigenvalue weighted by Crippen LogP contribution is 2.44. The molecule has 0 saturated carbocycles. The number of ether oxygens (including phenoxy) is 2. The number of nitrogens with one attached hydrogen (secondary N) is 1. The molecule has 5 heterocycles. The third kappa shape index (κ3) is 3.87. The van der Waals surface area contributed by atoms with E-state index < -0.39 is 5.95 Å². The van der Waals surface area contributed by atoms with Crippen molar-refractivity contribution in [3.8, 4) is 16.9 Å². The topological polar surface area (TPSA) is 63.7 Å². The Hall–Kier alpha value is -2.67. The molecule has 3 fully saturated rings. The number of benzene rings is 1. The summed E-state index contributed by atoms with van der Waals surface area (Å²) in [5.41, 5.74) is 1.67. The molecule has 1 unspecified atom stereocenters. The Labute approximate surface area is 181 Å². The summed E-state index contributed by atoms with van der Waals surface area (Å²) in [4.78, 5) is 18.9. The van der Waals surface area contributed by atoms with E-state index in [0.29, 0.717) is 29.4 Å². The Morgan fingerprint density at radius 3 is 2.81 bits per heavy atom. The molecule has 0 aliphatic carbocycles. The van der Waals surface area contributed by atoms with Gasteiger partial charge in [0.1, 0.15) is 11.9 Å². The van der Waals surface area contributed by atoms with Crippen LogP contribution in [0.3, 0.4) is 0 Å². The van der Waals surface area contributed by atoms with Crippen molar-refractivity contribution in [3.63, 3.8) is 0 Å². The van der Waals surface area contributed by atoms with Gasteiger partial charge in [-0.1, -0.05) is 26.0 Å². The maximum absolute atomic E-state index is 14.1. The van der Waals surface area contributed by atoms with Crippen molar-refractivity contribution >= 4 is 6.09 Å². The summed E-state index contributed by atoms with van der Waals surface area (Å²) < 4.78 is 26.0. The van der Waals surface area contributed by atoms with Crippen LogP contribution in [0.2, 0.25) is 0 Å². The minimum absolute atomic E-state index is 0.0409. The van der Waals surface area contributed by atoms with Crippen molar-refractivity contribution in [2.45, 2.75) is 38.8 Å². The van der Waals surface area contributed by atoms with Crippen LogP contribution in [0.15, 0.2) is 36.5 Å². The first kappa shape index (κ1) is 20.2. The van der Waals surface area contributed by atoms with Crippen LogP contribution in [-0.2, 0) is 4.74 Å². The lowest BCUT2D eigenvalue weighted by Gasteiger charge is -2.44. The summed E-state index contributed by atoms with van der Waals surface area (Å²) in [6, 6.07) is 8.69. The summed E-state index contributed by atoms with van der Waals surface area (Å²) in [5, 5.41) is 3.10. The van der Waals surface area contributed by atoms with Gasteiger partial charge in [-0.05, 0) is 55.6 Å². The second-order valence-electron chi connectivity index (χ2n) is 9.53. The number of carbonyl (C=O) groups excluding carboxylic acids is 1. The van der Waals surface area contributed by atoms with Crippen molar-refractivity contribution in [3.05, 3.63) is 48.0 Å². The van der Waals surface area contributed by atoms with E-state index in [-0.39, 0.29) is 23.7 Å². The van der Waals surface area contributed by atoms with Gasteiger partial charge >= 0.3 is 6.09 Å². The first-order chi connectivity index (χ1) is 14.9. The molecule has 31 heavy (non-hydrogen) atoms. The molecule has 4 aliphatic heterocycles. The lowest BCUT2D eigenvalue weighted by molar-refractivity contribution is -0.0361. The smallest absolute Gasteiger partial charge is 0.407 e. The first-order valence-electron chi connectivity index (χ1n) is 11.0. The number of nitrogens with zero attached hydrogens (tertiary/aromatic N) is 2. The second-order valence-corrected chi connectivity index (χ2v) is 9.53. The standard InChI is InChI=1S/C24H28FN3O3/c1-24(2)14-30-19-12-16(17-4-3-9-26-22(17)25)5-6-18(19)21(24)27-23(29)31-20-13-28-10-7-15(20)8-11-28/h3-6,9,12,15,20-21H,7-8,10-11,13-14H2,1-2H3,(H,27,29)/t20-,21?/m0/s1. The number of amides is 1. The van der Waals surface area contributed by atoms with Gasteiger partial charge in [0, 0.05) is 29.3 Å². The van der Waals surface area contributed by atoms with Crippen molar-refractivity contribution in [2.75, 3.05) is 26.2 Å². The molecule has 1 aromatic carbocycles. The summed E-state index contributed by atoms with van der Waals surface area (Å²) in [6.07, 6.45) is 3.19. The van der Waals surface area contributed by atoms with Crippen LogP contribution in [0.1, 0.15) is 38.3 Å². The third-order valence-electron chi connectivity index (χ3n) is 6.89. The molecule has 7 heteroatoms. The number of aromatic nitrogens is 1. The van der Waals surface area contributed by atoms with E-state index in [9.17, 15) is 9.18 Å². The summed E-state index contributed by atoms with van der Waals surface area (Å²) >= 11 is 0. The average Bonchev–Trinajstić information content (AvgIpc) is 2.77. The van der Waals surface area contributed by atoms with Crippen LogP contribution >= 0.6 is 0 Å². The molecule has 2 bridgehead atoms. The number of halogens is 1. The van der Waals surface area contributed by atoms with Gasteiger partial charge in [-0.3, -0.25) is 4.90 Å². The highest BCUT2D eigenvalue weighted by atomic mass is 19.1. The minimum Gasteiger partial charge on any atom is -0.493 e. The normalized spacial score (nSPS) is 28.4. The van der Waals surface area contributed by atoms with E-state index >= 15 is 0 Å². The molecule has 3 saturated heterocycles. The SMILES string of the molecule is CC1(C)COc2cc(-c3cccnc3F)ccc2C1NC(=O)O[C@H]1CN2CCC1CC2. The van der Waals surface area contributed by atoms with Gasteiger partial charge in [0.2, 0.25) is 5.95 Å². The Morgan fingerprint density at radius 2 is 2.10 bits per heavy atom. The Bertz CT molecular complexity index is 988. The van der Waals surface area contributed by atoms with E-state index in [1.165, 1.54) is 6.20 Å². The van der Waals surface area contributed by atoms with Crippen molar-refractivity contribution in [1.29, 1.82) is 0 Å². The van der Waals surface area contributed by atoms with Gasteiger partial charge in [0.25, 0.3) is 0 Å². The molecule has 1 N–H and O–H groups in total. The van der Waals surface area contributed by atoms with E-state index in [2.05, 4.69) is 29.0 Å². The second kappa shape index (κ2) is 7.79. The van der Waals surface area contributed by atoms with Gasteiger partial charge in [-0.15, -0.1) is 0 Å².